The summed E-state index contributed by atoms with van der Waals surface area (Å²) in [5.74, 6) is -3.81. The third-order valence-electron chi connectivity index (χ3n) is 6.58. The van der Waals surface area contributed by atoms with E-state index in [0.717, 1.165) is 0 Å². The lowest BCUT2D eigenvalue weighted by atomic mass is 9.92. The molecule has 2 aliphatic heterocycles. The second-order valence-corrected chi connectivity index (χ2v) is 9.62. The number of hydroxylamine groups is 1. The van der Waals surface area contributed by atoms with E-state index in [9.17, 15) is 33.6 Å². The Kier molecular flexibility index (Phi) is 10.2. The van der Waals surface area contributed by atoms with Crippen molar-refractivity contribution in [2.75, 3.05) is 13.6 Å². The minimum atomic E-state index is -1.32. The van der Waals surface area contributed by atoms with Gasteiger partial charge in [-0.3, -0.25) is 28.8 Å². The minimum Gasteiger partial charge on any atom is -0.368 e. The van der Waals surface area contributed by atoms with Crippen LogP contribution in [0.3, 0.4) is 0 Å². The predicted molar refractivity (Wildman–Crippen MR) is 131 cm³/mol. The molecule has 15 nitrogen and oxygen atoms in total. The van der Waals surface area contributed by atoms with Crippen molar-refractivity contribution >= 4 is 41.4 Å². The van der Waals surface area contributed by atoms with Crippen LogP contribution >= 0.6 is 0 Å². The molecular weight excluding hydrogens is 502 g/mol. The summed E-state index contributed by atoms with van der Waals surface area (Å²) < 4.78 is 0. The second-order valence-electron chi connectivity index (χ2n) is 9.62. The number of rotatable bonds is 11. The Morgan fingerprint density at radius 2 is 1.42 bits per heavy atom. The van der Waals surface area contributed by atoms with Crippen LogP contribution < -0.4 is 32.1 Å². The van der Waals surface area contributed by atoms with Crippen molar-refractivity contribution in [3.8, 4) is 0 Å². The molecule has 6 atom stereocenters. The quantitative estimate of drug-likeness (QED) is 0.147. The Labute approximate surface area is 220 Å². The molecule has 2 saturated heterocycles. The lowest BCUT2D eigenvalue weighted by Crippen LogP contribution is -2.53. The van der Waals surface area contributed by atoms with Gasteiger partial charge in [0, 0.05) is 26.9 Å². The molecule has 0 aromatic rings. The average molecular weight is 540 g/mol. The van der Waals surface area contributed by atoms with Gasteiger partial charge in [-0.05, 0) is 40.5 Å². The van der Waals surface area contributed by atoms with Gasteiger partial charge in [-0.1, -0.05) is 0 Å². The number of amides is 6. The zero-order valence-corrected chi connectivity index (χ0v) is 22.4. The van der Waals surface area contributed by atoms with E-state index in [4.69, 9.17) is 4.84 Å². The topological polar surface area (TPSA) is 204 Å². The first-order chi connectivity index (χ1) is 17.7. The molecule has 15 heteroatoms. The zero-order chi connectivity index (χ0) is 28.8. The molecule has 0 spiro atoms. The second kappa shape index (κ2) is 12.7. The summed E-state index contributed by atoms with van der Waals surface area (Å²) in [6.07, 6.45) is 0.810. The molecular formula is C23H37N7O8. The van der Waals surface area contributed by atoms with Crippen molar-refractivity contribution in [3.63, 3.8) is 0 Å². The Morgan fingerprint density at radius 1 is 0.868 bits per heavy atom. The summed E-state index contributed by atoms with van der Waals surface area (Å²) in [6, 6.07) is -4.67. The Balaban J connectivity index is 1.97. The van der Waals surface area contributed by atoms with E-state index in [0.29, 0.717) is 19.4 Å². The predicted octanol–water partition coefficient (Wildman–Crippen LogP) is -3.05. The van der Waals surface area contributed by atoms with Crippen molar-refractivity contribution in [2.45, 2.75) is 89.6 Å². The highest BCUT2D eigenvalue weighted by Gasteiger charge is 2.59. The van der Waals surface area contributed by atoms with Crippen LogP contribution in [0, 0.1) is 0 Å². The Bertz CT molecular complexity index is 989. The Hall–Kier alpha value is -3.75. The number of hydrogen-bond acceptors (Lipinski definition) is 9. The molecule has 2 rings (SSSR count). The van der Waals surface area contributed by atoms with Gasteiger partial charge >= 0.3 is 5.97 Å². The highest BCUT2D eigenvalue weighted by molar-refractivity contribution is 5.99. The van der Waals surface area contributed by atoms with Crippen molar-refractivity contribution in [3.05, 3.63) is 0 Å². The number of carbonyl (C=O) groups excluding carboxylic acids is 7. The van der Waals surface area contributed by atoms with Gasteiger partial charge in [-0.15, -0.1) is 5.48 Å². The third-order valence-corrected chi connectivity index (χ3v) is 6.58. The van der Waals surface area contributed by atoms with Gasteiger partial charge in [0.2, 0.25) is 35.4 Å². The van der Waals surface area contributed by atoms with Crippen molar-refractivity contribution < 1.29 is 38.4 Å². The van der Waals surface area contributed by atoms with Gasteiger partial charge in [-0.25, -0.2) is 4.79 Å². The van der Waals surface area contributed by atoms with Crippen molar-refractivity contribution in [1.29, 1.82) is 0 Å². The standard InChI is InChI=1S/C23H37N7O8/c1-11(17(32)24-6)26-20(35)14(4)29-38-22(37)23-8-7-9-30(23)21(36)16(10-23)28-19(34)13(3)27-18(33)12(2)25-15(5)31/h11-14,16,29H,7-10H2,1-6H3,(H,24,32)(H,25,31)(H,26,35)(H,27,33)(H,28,34)/t11-,12-,13-,14-,16+,23+/m0/s1. The number of hydrogen-bond donors (Lipinski definition) is 6. The van der Waals surface area contributed by atoms with Gasteiger partial charge in [0.1, 0.15) is 35.7 Å². The first kappa shape index (κ1) is 30.5. The normalized spacial score (nSPS) is 23.3. The van der Waals surface area contributed by atoms with Gasteiger partial charge in [0.25, 0.3) is 0 Å². The number of nitrogens with zero attached hydrogens (tertiary/aromatic N) is 1. The molecule has 0 unspecified atom stereocenters. The highest BCUT2D eigenvalue weighted by atomic mass is 16.7. The molecule has 2 heterocycles. The highest BCUT2D eigenvalue weighted by Crippen LogP contribution is 2.40. The van der Waals surface area contributed by atoms with E-state index >= 15 is 0 Å². The van der Waals surface area contributed by atoms with Gasteiger partial charge < -0.3 is 36.3 Å². The van der Waals surface area contributed by atoms with Crippen LogP contribution in [0.1, 0.15) is 53.9 Å². The summed E-state index contributed by atoms with van der Waals surface area (Å²) in [5.41, 5.74) is 1.05. The monoisotopic (exact) mass is 539 g/mol. The average Bonchev–Trinajstić information content (AvgIpc) is 3.39. The fourth-order valence-electron chi connectivity index (χ4n) is 4.42. The molecule has 0 aromatic carbocycles. The summed E-state index contributed by atoms with van der Waals surface area (Å²) in [7, 11) is 1.44. The number of fused-ring (bicyclic) bond motifs is 1. The summed E-state index contributed by atoms with van der Waals surface area (Å²) in [6.45, 7) is 7.39. The van der Waals surface area contributed by atoms with Crippen LogP contribution in [-0.2, 0) is 38.4 Å². The van der Waals surface area contributed by atoms with E-state index < -0.39 is 77.2 Å². The Morgan fingerprint density at radius 3 is 2.00 bits per heavy atom. The molecule has 6 amide bonds. The van der Waals surface area contributed by atoms with Crippen LogP contribution in [0.15, 0.2) is 0 Å². The minimum absolute atomic E-state index is 0.0463. The molecule has 2 fully saturated rings. The van der Waals surface area contributed by atoms with E-state index in [2.05, 4.69) is 32.1 Å². The SMILES string of the molecule is CNC(=O)[C@H](C)NC(=O)[C@H](C)NOC(=O)[C@]12CCCN1C(=O)[C@H](NC(=O)[C@H](C)NC(=O)[C@H](C)NC(C)=O)C2. The smallest absolute Gasteiger partial charge is 0.350 e. The summed E-state index contributed by atoms with van der Waals surface area (Å²) >= 11 is 0. The van der Waals surface area contributed by atoms with Crippen LogP contribution in [0.2, 0.25) is 0 Å². The van der Waals surface area contributed by atoms with E-state index in [1.54, 1.807) is 0 Å². The maximum atomic E-state index is 13.1. The molecule has 0 aliphatic carbocycles. The lowest BCUT2D eigenvalue weighted by Gasteiger charge is -2.29. The first-order valence-corrected chi connectivity index (χ1v) is 12.4. The molecule has 0 saturated carbocycles. The molecule has 38 heavy (non-hydrogen) atoms. The van der Waals surface area contributed by atoms with E-state index in [-0.39, 0.29) is 6.42 Å². The zero-order valence-electron chi connectivity index (χ0n) is 22.4. The lowest BCUT2D eigenvalue weighted by molar-refractivity contribution is -0.167. The molecule has 6 N–H and O–H groups in total. The largest absolute Gasteiger partial charge is 0.368 e. The van der Waals surface area contributed by atoms with Crippen LogP contribution in [0.25, 0.3) is 0 Å². The third kappa shape index (κ3) is 6.96. The molecule has 2 aliphatic rings. The first-order valence-electron chi connectivity index (χ1n) is 12.4. The fraction of sp³-hybridized carbons (Fsp3) is 0.696. The maximum Gasteiger partial charge on any atom is 0.350 e. The van der Waals surface area contributed by atoms with E-state index in [1.165, 1.54) is 46.6 Å². The molecule has 212 valence electrons. The maximum absolute atomic E-state index is 13.1. The van der Waals surface area contributed by atoms with Gasteiger partial charge in [-0.2, -0.15) is 0 Å². The molecule has 0 aromatic heterocycles. The molecule has 0 bridgehead atoms. The van der Waals surface area contributed by atoms with Gasteiger partial charge in [0.05, 0.1) is 0 Å². The van der Waals surface area contributed by atoms with Crippen LogP contribution in [0.4, 0.5) is 0 Å². The van der Waals surface area contributed by atoms with Gasteiger partial charge in [0.15, 0.2) is 0 Å². The molecule has 0 radical (unpaired) electrons. The number of nitrogens with one attached hydrogen (secondary N) is 6. The fourth-order valence-corrected chi connectivity index (χ4v) is 4.42. The number of carbonyl (C=O) groups is 7. The van der Waals surface area contributed by atoms with Crippen LogP contribution in [0.5, 0.6) is 0 Å². The van der Waals surface area contributed by atoms with Crippen LogP contribution in [-0.4, -0.2) is 95.7 Å². The summed E-state index contributed by atoms with van der Waals surface area (Å²) in [4.78, 5) is 92.5. The van der Waals surface area contributed by atoms with Crippen molar-refractivity contribution in [2.24, 2.45) is 0 Å². The summed E-state index contributed by atoms with van der Waals surface area (Å²) in [5, 5.41) is 12.3. The van der Waals surface area contributed by atoms with E-state index in [1.807, 2.05) is 0 Å². The number of likely N-dealkylation sites (N-methyl/N-ethyl adjacent to an activating group) is 1. The van der Waals surface area contributed by atoms with Crippen molar-refractivity contribution in [1.82, 2.24) is 37.0 Å².